The molecule has 2 nitrogen and oxygen atoms in total. The molecule has 11 heavy (non-hydrogen) atoms. The zero-order chi connectivity index (χ0) is 8.22. The summed E-state index contributed by atoms with van der Waals surface area (Å²) >= 11 is 9.05. The molecular weight excluding hydrogens is 176 g/mol. The van der Waals surface area contributed by atoms with Gasteiger partial charge in [-0.15, -0.1) is 0 Å². The van der Waals surface area contributed by atoms with E-state index in [9.17, 15) is 0 Å². The van der Waals surface area contributed by atoms with Crippen molar-refractivity contribution in [2.45, 2.75) is 29.0 Å². The molecule has 2 fully saturated rings. The van der Waals surface area contributed by atoms with Gasteiger partial charge in [-0.3, -0.25) is 0 Å². The fourth-order valence-corrected chi connectivity index (χ4v) is 3.80. The summed E-state index contributed by atoms with van der Waals surface area (Å²) in [5, 5.41) is 0. The zero-order valence-electron chi connectivity index (χ0n) is 6.27. The van der Waals surface area contributed by atoms with E-state index in [0.717, 1.165) is 12.8 Å². The van der Waals surface area contributed by atoms with Crippen LogP contribution in [0.4, 0.5) is 0 Å². The molecule has 2 saturated carbocycles. The van der Waals surface area contributed by atoms with Crippen LogP contribution in [-0.4, -0.2) is 16.2 Å². The van der Waals surface area contributed by atoms with E-state index in [1.54, 1.807) is 0 Å². The van der Waals surface area contributed by atoms with Crippen LogP contribution in [0, 0.1) is 11.8 Å². The van der Waals surface area contributed by atoms with Gasteiger partial charge in [-0.1, -0.05) is 0 Å². The van der Waals surface area contributed by atoms with Crippen LogP contribution in [0.1, 0.15) is 12.8 Å². The van der Waals surface area contributed by atoms with Crippen LogP contribution in [0.25, 0.3) is 0 Å². The molecule has 0 aromatic carbocycles. The first-order chi connectivity index (χ1) is 5.03. The van der Waals surface area contributed by atoms with Gasteiger partial charge < -0.3 is 11.5 Å². The first-order valence-corrected chi connectivity index (χ1v) is 4.89. The standard InChI is InChI=1S/C7H14N2S2/c8-4-1-3-2-5(9)6(4)7(3,10)11/h3-6,10-11H,1-2,8-9H2. The van der Waals surface area contributed by atoms with Crippen molar-refractivity contribution in [1.82, 2.24) is 0 Å². The topological polar surface area (TPSA) is 52.0 Å². The predicted molar refractivity (Wildman–Crippen MR) is 52.9 cm³/mol. The molecule has 0 amide bonds. The maximum atomic E-state index is 5.91. The Balaban J connectivity index is 2.30. The molecule has 0 aromatic rings. The number of hydrogen-bond acceptors (Lipinski definition) is 4. The second kappa shape index (κ2) is 2.31. The summed E-state index contributed by atoms with van der Waals surface area (Å²) in [4.78, 5) is 0. The molecule has 0 radical (unpaired) electrons. The molecule has 4 heteroatoms. The molecule has 0 spiro atoms. The van der Waals surface area contributed by atoms with E-state index in [1.165, 1.54) is 0 Å². The highest BCUT2D eigenvalue weighted by Crippen LogP contribution is 2.56. The summed E-state index contributed by atoms with van der Waals surface area (Å²) in [5.74, 6) is 0.823. The third kappa shape index (κ3) is 0.963. The summed E-state index contributed by atoms with van der Waals surface area (Å²) in [5.41, 5.74) is 11.8. The van der Waals surface area contributed by atoms with Gasteiger partial charge in [0.15, 0.2) is 0 Å². The predicted octanol–water partition coefficient (Wildman–Crippen LogP) is 0.237. The zero-order valence-corrected chi connectivity index (χ0v) is 8.06. The van der Waals surface area contributed by atoms with Gasteiger partial charge >= 0.3 is 0 Å². The van der Waals surface area contributed by atoms with Crippen molar-refractivity contribution in [2.75, 3.05) is 0 Å². The Morgan fingerprint density at radius 3 is 1.73 bits per heavy atom. The molecule has 64 valence electrons. The Labute approximate surface area is 77.9 Å². The second-order valence-electron chi connectivity index (χ2n) is 3.80. The van der Waals surface area contributed by atoms with Crippen molar-refractivity contribution in [1.29, 1.82) is 0 Å². The molecule has 0 aliphatic heterocycles. The van der Waals surface area contributed by atoms with E-state index < -0.39 is 0 Å². The maximum absolute atomic E-state index is 5.91. The molecule has 2 bridgehead atoms. The monoisotopic (exact) mass is 190 g/mol. The summed E-state index contributed by atoms with van der Waals surface area (Å²) in [6, 6.07) is 0.442. The molecular formula is C7H14N2S2. The van der Waals surface area contributed by atoms with E-state index in [4.69, 9.17) is 11.5 Å². The van der Waals surface area contributed by atoms with Crippen LogP contribution >= 0.6 is 25.3 Å². The number of hydrogen-bond donors (Lipinski definition) is 4. The van der Waals surface area contributed by atoms with Gasteiger partial charge in [-0.25, -0.2) is 0 Å². The van der Waals surface area contributed by atoms with E-state index in [1.807, 2.05) is 0 Å². The summed E-state index contributed by atoms with van der Waals surface area (Å²) in [7, 11) is 0. The minimum Gasteiger partial charge on any atom is -0.327 e. The smallest absolute Gasteiger partial charge is 0.0638 e. The van der Waals surface area contributed by atoms with Crippen molar-refractivity contribution in [3.05, 3.63) is 0 Å². The molecule has 0 heterocycles. The largest absolute Gasteiger partial charge is 0.327 e. The van der Waals surface area contributed by atoms with Crippen molar-refractivity contribution < 1.29 is 0 Å². The van der Waals surface area contributed by atoms with Gasteiger partial charge in [-0.2, -0.15) is 25.3 Å². The highest BCUT2D eigenvalue weighted by Gasteiger charge is 2.57. The van der Waals surface area contributed by atoms with Crippen LogP contribution < -0.4 is 11.5 Å². The van der Waals surface area contributed by atoms with Gasteiger partial charge in [0.25, 0.3) is 0 Å². The minimum atomic E-state index is -0.196. The van der Waals surface area contributed by atoms with E-state index in [-0.39, 0.29) is 16.2 Å². The molecule has 4 N–H and O–H groups in total. The number of fused-ring (bicyclic) bond motifs is 2. The molecule has 2 aliphatic rings. The lowest BCUT2D eigenvalue weighted by Gasteiger charge is -2.26. The number of thiol groups is 2. The number of rotatable bonds is 0. The Morgan fingerprint density at radius 2 is 1.55 bits per heavy atom. The van der Waals surface area contributed by atoms with Crippen molar-refractivity contribution in [3.8, 4) is 0 Å². The first kappa shape index (κ1) is 8.23. The lowest BCUT2D eigenvalue weighted by atomic mass is 9.92. The lowest BCUT2D eigenvalue weighted by molar-refractivity contribution is 0.368. The van der Waals surface area contributed by atoms with Crippen molar-refractivity contribution in [2.24, 2.45) is 23.3 Å². The normalized spacial score (nSPS) is 53.5. The van der Waals surface area contributed by atoms with E-state index in [2.05, 4.69) is 25.3 Å². The quantitative estimate of drug-likeness (QED) is 0.327. The van der Waals surface area contributed by atoms with Gasteiger partial charge in [-0.05, 0) is 18.8 Å². The Hall–Kier alpha value is 0.620. The molecule has 0 saturated heterocycles. The third-order valence-corrected chi connectivity index (χ3v) is 4.45. The van der Waals surface area contributed by atoms with Gasteiger partial charge in [0, 0.05) is 18.0 Å². The molecule has 2 aliphatic carbocycles. The molecule has 2 atom stereocenters. The Bertz CT molecular complexity index is 171. The van der Waals surface area contributed by atoms with Crippen LogP contribution in [0.2, 0.25) is 0 Å². The lowest BCUT2D eigenvalue weighted by Crippen LogP contribution is -2.42. The fourth-order valence-electron chi connectivity index (χ4n) is 2.61. The second-order valence-corrected chi connectivity index (χ2v) is 5.64. The van der Waals surface area contributed by atoms with Gasteiger partial charge in [0.1, 0.15) is 0 Å². The van der Waals surface area contributed by atoms with Crippen LogP contribution in [0.5, 0.6) is 0 Å². The average molecular weight is 190 g/mol. The maximum Gasteiger partial charge on any atom is 0.0638 e. The average Bonchev–Trinajstić information content (AvgIpc) is 2.14. The van der Waals surface area contributed by atoms with Gasteiger partial charge in [0.05, 0.1) is 4.08 Å². The van der Waals surface area contributed by atoms with Crippen LogP contribution in [0.3, 0.4) is 0 Å². The summed E-state index contributed by atoms with van der Waals surface area (Å²) in [6.45, 7) is 0. The van der Waals surface area contributed by atoms with E-state index in [0.29, 0.717) is 11.8 Å². The van der Waals surface area contributed by atoms with E-state index >= 15 is 0 Å². The SMILES string of the molecule is NC1CC2CC(N)C1C2(S)S. The van der Waals surface area contributed by atoms with Crippen LogP contribution in [-0.2, 0) is 0 Å². The Morgan fingerprint density at radius 1 is 1.09 bits per heavy atom. The van der Waals surface area contributed by atoms with Crippen LogP contribution in [0.15, 0.2) is 0 Å². The summed E-state index contributed by atoms with van der Waals surface area (Å²) < 4.78 is -0.196. The first-order valence-electron chi connectivity index (χ1n) is 3.99. The Kier molecular flexibility index (Phi) is 1.73. The summed E-state index contributed by atoms with van der Waals surface area (Å²) in [6.07, 6.45) is 2.09. The highest BCUT2D eigenvalue weighted by molar-refractivity contribution is 8.00. The third-order valence-electron chi connectivity index (χ3n) is 3.13. The molecule has 2 rings (SSSR count). The number of nitrogens with two attached hydrogens (primary N) is 2. The molecule has 2 unspecified atom stereocenters. The van der Waals surface area contributed by atoms with Crippen molar-refractivity contribution in [3.63, 3.8) is 0 Å². The molecule has 0 aromatic heterocycles. The minimum absolute atomic E-state index is 0.196. The highest BCUT2D eigenvalue weighted by atomic mass is 32.2. The van der Waals surface area contributed by atoms with Gasteiger partial charge in [0.2, 0.25) is 0 Å². The fraction of sp³-hybridized carbons (Fsp3) is 1.00. The van der Waals surface area contributed by atoms with Crippen molar-refractivity contribution >= 4 is 25.3 Å².